The number of hydrogen-bond donors (Lipinski definition) is 1. The van der Waals surface area contributed by atoms with Gasteiger partial charge in [0, 0.05) is 11.5 Å². The smallest absolute Gasteiger partial charge is 0.0164 e. The second-order valence-electron chi connectivity index (χ2n) is 5.71. The molecular formula is C17H25N. The third kappa shape index (κ3) is 2.51. The number of rotatable bonds is 6. The van der Waals surface area contributed by atoms with Crippen LogP contribution < -0.4 is 5.32 Å². The summed E-state index contributed by atoms with van der Waals surface area (Å²) in [5.41, 5.74) is 3.17. The van der Waals surface area contributed by atoms with E-state index in [1.807, 2.05) is 0 Å². The molecule has 0 aliphatic heterocycles. The topological polar surface area (TPSA) is 12.0 Å². The molecule has 0 radical (unpaired) electrons. The monoisotopic (exact) mass is 243 g/mol. The minimum Gasteiger partial charge on any atom is -0.316 e. The van der Waals surface area contributed by atoms with E-state index in [1.54, 1.807) is 0 Å². The van der Waals surface area contributed by atoms with Crippen LogP contribution in [0.15, 0.2) is 42.5 Å². The van der Waals surface area contributed by atoms with Crippen LogP contribution in [0, 0.1) is 0 Å². The molecule has 18 heavy (non-hydrogen) atoms. The van der Waals surface area contributed by atoms with Crippen molar-refractivity contribution in [3.05, 3.63) is 48.0 Å². The zero-order valence-electron chi connectivity index (χ0n) is 11.7. The van der Waals surface area contributed by atoms with Gasteiger partial charge in [-0.05, 0) is 45.2 Å². The van der Waals surface area contributed by atoms with Crippen molar-refractivity contribution in [3.63, 3.8) is 0 Å². The molecule has 1 aliphatic carbocycles. The Hall–Kier alpha value is -1.08. The molecule has 0 aromatic heterocycles. The lowest BCUT2D eigenvalue weighted by Crippen LogP contribution is -2.51. The van der Waals surface area contributed by atoms with Crippen LogP contribution in [0.3, 0.4) is 0 Å². The number of hydrogen-bond acceptors (Lipinski definition) is 1. The van der Waals surface area contributed by atoms with Crippen molar-refractivity contribution in [1.29, 1.82) is 0 Å². The third-order valence-corrected chi connectivity index (χ3v) is 4.47. The average molecular weight is 243 g/mol. The van der Waals surface area contributed by atoms with Gasteiger partial charge < -0.3 is 5.32 Å². The van der Waals surface area contributed by atoms with Gasteiger partial charge in [0.05, 0.1) is 0 Å². The largest absolute Gasteiger partial charge is 0.316 e. The summed E-state index contributed by atoms with van der Waals surface area (Å²) in [6.07, 6.45) is 6.32. The van der Waals surface area contributed by atoms with Gasteiger partial charge in [-0.1, -0.05) is 42.3 Å². The Morgan fingerprint density at radius 1 is 1.33 bits per heavy atom. The molecule has 1 nitrogen and oxygen atoms in total. The van der Waals surface area contributed by atoms with Gasteiger partial charge in [0.2, 0.25) is 0 Å². The van der Waals surface area contributed by atoms with Gasteiger partial charge in [0.1, 0.15) is 0 Å². The molecule has 0 heterocycles. The number of allylic oxidation sites excluding steroid dienone is 1. The maximum Gasteiger partial charge on any atom is 0.0164 e. The molecule has 0 amide bonds. The molecule has 1 heteroatoms. The average Bonchev–Trinajstić information content (AvgIpc) is 2.33. The van der Waals surface area contributed by atoms with Crippen molar-refractivity contribution >= 4 is 0 Å². The van der Waals surface area contributed by atoms with Crippen LogP contribution in [-0.4, -0.2) is 13.1 Å². The van der Waals surface area contributed by atoms with E-state index in [4.69, 9.17) is 0 Å². The Bertz CT molecular complexity index is 389. The van der Waals surface area contributed by atoms with Gasteiger partial charge in [-0.2, -0.15) is 0 Å². The zero-order chi connectivity index (χ0) is 13.0. The van der Waals surface area contributed by atoms with Crippen molar-refractivity contribution in [1.82, 2.24) is 5.32 Å². The highest BCUT2D eigenvalue weighted by molar-refractivity contribution is 5.30. The van der Waals surface area contributed by atoms with Gasteiger partial charge in [-0.25, -0.2) is 0 Å². The normalized spacial score (nSPS) is 19.0. The lowest BCUT2D eigenvalue weighted by atomic mass is 9.59. The third-order valence-electron chi connectivity index (χ3n) is 4.47. The molecule has 1 aromatic rings. The van der Waals surface area contributed by atoms with Crippen LogP contribution in [0.1, 0.15) is 44.6 Å². The van der Waals surface area contributed by atoms with E-state index < -0.39 is 0 Å². The molecular weight excluding hydrogens is 218 g/mol. The fraction of sp³-hybridized carbons (Fsp3) is 0.529. The van der Waals surface area contributed by atoms with E-state index in [1.165, 1.54) is 36.8 Å². The van der Waals surface area contributed by atoms with Gasteiger partial charge in [-0.15, -0.1) is 6.58 Å². The first-order chi connectivity index (χ1) is 8.69. The van der Waals surface area contributed by atoms with Crippen LogP contribution >= 0.6 is 0 Å². The highest BCUT2D eigenvalue weighted by Crippen LogP contribution is 2.47. The van der Waals surface area contributed by atoms with Gasteiger partial charge >= 0.3 is 0 Å². The summed E-state index contributed by atoms with van der Waals surface area (Å²) in [4.78, 5) is 0. The fourth-order valence-electron chi connectivity index (χ4n) is 3.25. The molecule has 1 atom stereocenters. The highest BCUT2D eigenvalue weighted by atomic mass is 14.9. The van der Waals surface area contributed by atoms with E-state index in [2.05, 4.69) is 56.2 Å². The Balaban J connectivity index is 2.17. The number of nitrogens with one attached hydrogen (secondary N) is 1. The van der Waals surface area contributed by atoms with Crippen molar-refractivity contribution in [3.8, 4) is 0 Å². The maximum absolute atomic E-state index is 4.03. The van der Waals surface area contributed by atoms with Crippen molar-refractivity contribution in [2.24, 2.45) is 0 Å². The van der Waals surface area contributed by atoms with Crippen LogP contribution in [0.5, 0.6) is 0 Å². The Labute approximate surface area is 111 Å². The predicted molar refractivity (Wildman–Crippen MR) is 78.9 cm³/mol. The second-order valence-corrected chi connectivity index (χ2v) is 5.71. The molecule has 1 fully saturated rings. The first kappa shape index (κ1) is 13.4. The van der Waals surface area contributed by atoms with E-state index in [0.717, 1.165) is 6.42 Å². The minimum atomic E-state index is 0.367. The fourth-order valence-corrected chi connectivity index (χ4v) is 3.25. The van der Waals surface area contributed by atoms with Gasteiger partial charge in [0.25, 0.3) is 0 Å². The summed E-state index contributed by atoms with van der Waals surface area (Å²) < 4.78 is 0. The quantitative estimate of drug-likeness (QED) is 0.743. The zero-order valence-corrected chi connectivity index (χ0v) is 11.7. The molecule has 98 valence electrons. The molecule has 1 saturated carbocycles. The minimum absolute atomic E-state index is 0.367. The standard InChI is InChI=1S/C17H25N/c1-14(2)10-11-16(18-3)17(12-7-13-17)15-8-5-4-6-9-15/h4-6,8-9,16,18H,1,7,10-13H2,2-3H3. The Morgan fingerprint density at radius 2 is 2.00 bits per heavy atom. The molecule has 0 saturated heterocycles. The van der Waals surface area contributed by atoms with Crippen molar-refractivity contribution in [2.75, 3.05) is 7.05 Å². The molecule has 0 bridgehead atoms. The second kappa shape index (κ2) is 5.71. The van der Waals surface area contributed by atoms with Crippen molar-refractivity contribution in [2.45, 2.75) is 50.5 Å². The summed E-state index contributed by atoms with van der Waals surface area (Å²) in [5.74, 6) is 0. The van der Waals surface area contributed by atoms with Crippen LogP contribution in [-0.2, 0) is 5.41 Å². The lowest BCUT2D eigenvalue weighted by Gasteiger charge is -2.48. The molecule has 1 unspecified atom stereocenters. The Kier molecular flexibility index (Phi) is 4.23. The first-order valence-corrected chi connectivity index (χ1v) is 7.06. The van der Waals surface area contributed by atoms with E-state index in [9.17, 15) is 0 Å². The maximum atomic E-state index is 4.03. The molecule has 0 spiro atoms. The van der Waals surface area contributed by atoms with Crippen LogP contribution in [0.4, 0.5) is 0 Å². The SMILES string of the molecule is C=C(C)CCC(NC)C1(c2ccccc2)CCC1. The van der Waals surface area contributed by atoms with Crippen molar-refractivity contribution < 1.29 is 0 Å². The lowest BCUT2D eigenvalue weighted by molar-refractivity contribution is 0.168. The van der Waals surface area contributed by atoms with E-state index >= 15 is 0 Å². The summed E-state index contributed by atoms with van der Waals surface area (Å²) in [7, 11) is 2.10. The predicted octanol–water partition coefficient (Wildman–Crippen LogP) is 4.05. The summed E-state index contributed by atoms with van der Waals surface area (Å²) in [6.45, 7) is 6.16. The van der Waals surface area contributed by atoms with Gasteiger partial charge in [0.15, 0.2) is 0 Å². The van der Waals surface area contributed by atoms with Crippen LogP contribution in [0.25, 0.3) is 0 Å². The van der Waals surface area contributed by atoms with Crippen LogP contribution in [0.2, 0.25) is 0 Å². The summed E-state index contributed by atoms with van der Waals surface area (Å²) >= 11 is 0. The van der Waals surface area contributed by atoms with E-state index in [-0.39, 0.29) is 0 Å². The number of likely N-dealkylation sites (N-methyl/N-ethyl adjacent to an activating group) is 1. The first-order valence-electron chi connectivity index (χ1n) is 7.06. The molecule has 2 rings (SSSR count). The highest BCUT2D eigenvalue weighted by Gasteiger charge is 2.44. The van der Waals surface area contributed by atoms with Gasteiger partial charge in [-0.3, -0.25) is 0 Å². The summed E-state index contributed by atoms with van der Waals surface area (Å²) in [5, 5.41) is 3.56. The molecule has 1 aromatic carbocycles. The Morgan fingerprint density at radius 3 is 2.44 bits per heavy atom. The number of benzene rings is 1. The van der Waals surface area contributed by atoms with E-state index in [0.29, 0.717) is 11.5 Å². The molecule has 1 N–H and O–H groups in total. The summed E-state index contributed by atoms with van der Waals surface area (Å²) in [6, 6.07) is 11.6. The molecule has 1 aliphatic rings.